The normalized spacial score (nSPS) is 22.1. The molecule has 1 aliphatic carbocycles. The van der Waals surface area contributed by atoms with E-state index in [0.29, 0.717) is 11.7 Å². The van der Waals surface area contributed by atoms with Crippen LogP contribution in [0, 0.1) is 15.4 Å². The molecule has 2 aromatic heterocycles. The summed E-state index contributed by atoms with van der Waals surface area (Å²) in [4.78, 5) is 17.1. The first kappa shape index (κ1) is 18.5. The first-order chi connectivity index (χ1) is 13.6. The number of ketones is 1. The van der Waals surface area contributed by atoms with Gasteiger partial charge in [-0.1, -0.05) is 6.07 Å². The van der Waals surface area contributed by atoms with E-state index in [1.807, 2.05) is 4.68 Å². The first-order valence-electron chi connectivity index (χ1n) is 9.72. The van der Waals surface area contributed by atoms with Crippen LogP contribution in [0.25, 0.3) is 5.69 Å². The number of rotatable bonds is 3. The van der Waals surface area contributed by atoms with Gasteiger partial charge >= 0.3 is 0 Å². The topological polar surface area (TPSA) is 38.1 Å². The minimum atomic E-state index is 0.114. The molecule has 0 N–H and O–H groups in total. The van der Waals surface area contributed by atoms with Crippen molar-refractivity contribution >= 4 is 39.7 Å². The van der Waals surface area contributed by atoms with Crippen LogP contribution < -0.4 is 0 Å². The maximum atomic E-state index is 13.6. The number of halogens is 1. The lowest BCUT2D eigenvalue weighted by Crippen LogP contribution is -2.45. The lowest BCUT2D eigenvalue weighted by Gasteiger charge is -2.38. The van der Waals surface area contributed by atoms with Crippen LogP contribution in [-0.4, -0.2) is 40.6 Å². The molecular weight excluding hydrogens is 481 g/mol. The Hall–Kier alpha value is -1.51. The molecule has 2 aliphatic rings. The molecule has 5 rings (SSSR count). The summed E-state index contributed by atoms with van der Waals surface area (Å²) in [6.45, 7) is 1.94. The second kappa shape index (κ2) is 7.39. The van der Waals surface area contributed by atoms with E-state index >= 15 is 0 Å². The van der Waals surface area contributed by atoms with Crippen LogP contribution in [0.5, 0.6) is 0 Å². The van der Waals surface area contributed by atoms with Crippen LogP contribution >= 0.6 is 33.9 Å². The quantitative estimate of drug-likeness (QED) is 0.497. The number of carbonyl (C=O) groups is 1. The number of hydrogen-bond acceptors (Lipinski definition) is 4. The molecule has 0 spiro atoms. The second-order valence-electron chi connectivity index (χ2n) is 7.90. The first-order valence-corrected chi connectivity index (χ1v) is 11.7. The Balaban J connectivity index is 1.63. The Bertz CT molecular complexity index is 1010. The van der Waals surface area contributed by atoms with Gasteiger partial charge in [-0.3, -0.25) is 4.79 Å². The highest BCUT2D eigenvalue weighted by atomic mass is 127. The fourth-order valence-electron chi connectivity index (χ4n) is 4.61. The maximum absolute atomic E-state index is 13.6. The molecule has 0 amide bonds. The summed E-state index contributed by atoms with van der Waals surface area (Å²) in [7, 11) is 2.13. The van der Waals surface area contributed by atoms with Crippen LogP contribution in [0.1, 0.15) is 33.0 Å². The lowest BCUT2D eigenvalue weighted by molar-refractivity contribution is 0.0703. The molecule has 1 aliphatic heterocycles. The number of nitrogens with zero attached hydrogens (tertiary/aromatic N) is 3. The Kier molecular flexibility index (Phi) is 4.88. The number of piperidine rings is 1. The van der Waals surface area contributed by atoms with Crippen LogP contribution in [-0.2, 0) is 12.8 Å². The van der Waals surface area contributed by atoms with Gasteiger partial charge in [0.25, 0.3) is 0 Å². The summed E-state index contributed by atoms with van der Waals surface area (Å²) in [5.41, 5.74) is 3.99. The van der Waals surface area contributed by atoms with Gasteiger partial charge in [-0.2, -0.15) is 5.10 Å². The SMILES string of the molecule is CN1CCC2Cc3c(c(Cc4cccs4)nn3-c3ccc(I)cc3)C(=O)C2C1. The van der Waals surface area contributed by atoms with Gasteiger partial charge in [0.15, 0.2) is 5.78 Å². The summed E-state index contributed by atoms with van der Waals surface area (Å²) in [5, 5.41) is 7.07. The number of likely N-dealkylation sites (tertiary alicyclic amines) is 1. The van der Waals surface area contributed by atoms with E-state index in [2.05, 4.69) is 76.3 Å². The molecule has 0 saturated carbocycles. The van der Waals surface area contributed by atoms with Gasteiger partial charge in [-0.25, -0.2) is 4.68 Å². The van der Waals surface area contributed by atoms with Crippen LogP contribution in [0.2, 0.25) is 0 Å². The third-order valence-electron chi connectivity index (χ3n) is 6.04. The Morgan fingerprint density at radius 1 is 1.25 bits per heavy atom. The number of Topliss-reactive ketones (excluding diaryl/α,β-unsaturated/α-hetero) is 1. The average molecular weight is 503 g/mol. The third-order valence-corrected chi connectivity index (χ3v) is 7.64. The highest BCUT2D eigenvalue weighted by molar-refractivity contribution is 14.1. The molecule has 28 heavy (non-hydrogen) atoms. The fraction of sp³-hybridized carbons (Fsp3) is 0.364. The Morgan fingerprint density at radius 3 is 2.82 bits per heavy atom. The zero-order chi connectivity index (χ0) is 19.3. The van der Waals surface area contributed by atoms with E-state index in [-0.39, 0.29) is 5.92 Å². The molecule has 144 valence electrons. The van der Waals surface area contributed by atoms with Crippen molar-refractivity contribution in [3.8, 4) is 5.69 Å². The van der Waals surface area contributed by atoms with Gasteiger partial charge in [0.2, 0.25) is 0 Å². The molecule has 6 heteroatoms. The van der Waals surface area contributed by atoms with Crippen LogP contribution in [0.3, 0.4) is 0 Å². The van der Waals surface area contributed by atoms with Gasteiger partial charge in [0, 0.05) is 27.3 Å². The minimum Gasteiger partial charge on any atom is -0.306 e. The molecule has 0 bridgehead atoms. The molecule has 3 aromatic rings. The van der Waals surface area contributed by atoms with Gasteiger partial charge in [-0.05, 0) is 90.7 Å². The van der Waals surface area contributed by atoms with E-state index in [4.69, 9.17) is 5.10 Å². The molecule has 2 atom stereocenters. The number of fused-ring (bicyclic) bond motifs is 2. The van der Waals surface area contributed by atoms with E-state index < -0.39 is 0 Å². The van der Waals surface area contributed by atoms with Gasteiger partial charge in [-0.15, -0.1) is 11.3 Å². The number of hydrogen-bond donors (Lipinski definition) is 0. The summed E-state index contributed by atoms with van der Waals surface area (Å²) in [6, 6.07) is 12.6. The van der Waals surface area contributed by atoms with E-state index in [1.165, 1.54) is 8.45 Å². The number of carbonyl (C=O) groups excluding carboxylic acids is 1. The Morgan fingerprint density at radius 2 is 2.07 bits per heavy atom. The summed E-state index contributed by atoms with van der Waals surface area (Å²) in [5.74, 6) is 0.855. The average Bonchev–Trinajstić information content (AvgIpc) is 3.32. The molecule has 0 radical (unpaired) electrons. The number of aromatic nitrogens is 2. The molecule has 4 nitrogen and oxygen atoms in total. The van der Waals surface area contributed by atoms with Crippen molar-refractivity contribution < 1.29 is 4.79 Å². The monoisotopic (exact) mass is 503 g/mol. The molecule has 2 unspecified atom stereocenters. The van der Waals surface area contributed by atoms with Crippen molar-refractivity contribution in [2.75, 3.05) is 20.1 Å². The van der Waals surface area contributed by atoms with Crippen molar-refractivity contribution in [1.82, 2.24) is 14.7 Å². The Labute approximate surface area is 182 Å². The summed E-state index contributed by atoms with van der Waals surface area (Å²) < 4.78 is 3.24. The standard InChI is InChI=1S/C22H22IN3OS/c1-25-9-8-14-11-20-21(22(27)18(14)13-25)19(12-17-3-2-10-28-17)24-26(20)16-6-4-15(23)5-7-16/h2-7,10,14,18H,8-9,11-13H2,1H3. The minimum absolute atomic E-state index is 0.114. The fourth-order valence-corrected chi connectivity index (χ4v) is 5.68. The largest absolute Gasteiger partial charge is 0.306 e. The van der Waals surface area contributed by atoms with Gasteiger partial charge in [0.05, 0.1) is 22.6 Å². The summed E-state index contributed by atoms with van der Waals surface area (Å²) >= 11 is 4.05. The molecule has 1 aromatic carbocycles. The smallest absolute Gasteiger partial charge is 0.171 e. The highest BCUT2D eigenvalue weighted by Gasteiger charge is 2.42. The highest BCUT2D eigenvalue weighted by Crippen LogP contribution is 2.38. The van der Waals surface area contributed by atoms with Crippen LogP contribution in [0.15, 0.2) is 41.8 Å². The van der Waals surface area contributed by atoms with E-state index in [9.17, 15) is 4.79 Å². The van der Waals surface area contributed by atoms with Crippen molar-refractivity contribution in [3.05, 3.63) is 67.2 Å². The molecule has 1 fully saturated rings. The lowest BCUT2D eigenvalue weighted by atomic mass is 9.73. The third kappa shape index (κ3) is 3.25. The van der Waals surface area contributed by atoms with E-state index in [0.717, 1.165) is 55.0 Å². The number of benzene rings is 1. The van der Waals surface area contributed by atoms with Crippen molar-refractivity contribution in [2.24, 2.45) is 11.8 Å². The van der Waals surface area contributed by atoms with E-state index in [1.54, 1.807) is 11.3 Å². The zero-order valence-electron chi connectivity index (χ0n) is 15.8. The summed E-state index contributed by atoms with van der Waals surface area (Å²) in [6.07, 6.45) is 2.77. The van der Waals surface area contributed by atoms with Crippen molar-refractivity contribution in [1.29, 1.82) is 0 Å². The molecule has 3 heterocycles. The zero-order valence-corrected chi connectivity index (χ0v) is 18.7. The molecular formula is C22H22IN3OS. The predicted molar refractivity (Wildman–Crippen MR) is 121 cm³/mol. The number of thiophene rings is 1. The van der Waals surface area contributed by atoms with Crippen molar-refractivity contribution in [3.63, 3.8) is 0 Å². The van der Waals surface area contributed by atoms with Gasteiger partial charge in [0.1, 0.15) is 0 Å². The second-order valence-corrected chi connectivity index (χ2v) is 10.2. The van der Waals surface area contributed by atoms with Crippen molar-refractivity contribution in [2.45, 2.75) is 19.3 Å². The van der Waals surface area contributed by atoms with Crippen LogP contribution in [0.4, 0.5) is 0 Å². The van der Waals surface area contributed by atoms with Gasteiger partial charge < -0.3 is 4.90 Å². The maximum Gasteiger partial charge on any atom is 0.171 e. The predicted octanol–water partition coefficient (Wildman–Crippen LogP) is 4.44. The molecule has 1 saturated heterocycles.